The molecule has 0 unspecified atom stereocenters. The number of nitrogens with zero attached hydrogens (tertiary/aromatic N) is 1. The number of halogens is 3. The molecule has 1 aromatic carbocycles. The van der Waals surface area contributed by atoms with E-state index in [0.29, 0.717) is 5.82 Å². The molecule has 0 aliphatic carbocycles. The summed E-state index contributed by atoms with van der Waals surface area (Å²) in [7, 11) is 0. The average Bonchev–Trinajstić information content (AvgIpc) is 2.83. The van der Waals surface area contributed by atoms with Crippen LogP contribution in [0.15, 0.2) is 24.5 Å². The highest BCUT2D eigenvalue weighted by atomic mass is 19.3. The lowest BCUT2D eigenvalue weighted by atomic mass is 10.2. The second kappa shape index (κ2) is 5.51. The van der Waals surface area contributed by atoms with Crippen LogP contribution in [0.3, 0.4) is 0 Å². The van der Waals surface area contributed by atoms with Gasteiger partial charge in [0.05, 0.1) is 17.9 Å². The Labute approximate surface area is 106 Å². The number of ether oxygens (including phenoxy) is 1. The third kappa shape index (κ3) is 3.30. The van der Waals surface area contributed by atoms with E-state index in [9.17, 15) is 13.2 Å². The SMILES string of the molecule is Nc1cc(F)c(OC(F)F)cc1NCc1ncc[nH]1. The Bertz CT molecular complexity index is 545. The number of nitrogen functional groups attached to an aromatic ring is 1. The van der Waals surface area contributed by atoms with E-state index in [4.69, 9.17) is 5.73 Å². The first-order valence-electron chi connectivity index (χ1n) is 5.32. The molecule has 0 bridgehead atoms. The Kier molecular flexibility index (Phi) is 3.79. The Hall–Kier alpha value is -2.38. The van der Waals surface area contributed by atoms with E-state index in [2.05, 4.69) is 20.0 Å². The van der Waals surface area contributed by atoms with Crippen LogP contribution >= 0.6 is 0 Å². The van der Waals surface area contributed by atoms with Gasteiger partial charge in [-0.15, -0.1) is 0 Å². The highest BCUT2D eigenvalue weighted by Crippen LogP contribution is 2.29. The van der Waals surface area contributed by atoms with Crippen molar-refractivity contribution in [2.75, 3.05) is 11.1 Å². The molecule has 1 heterocycles. The lowest BCUT2D eigenvalue weighted by Crippen LogP contribution is -2.08. The Morgan fingerprint density at radius 3 is 2.84 bits per heavy atom. The number of alkyl halides is 2. The number of imidazole rings is 1. The van der Waals surface area contributed by atoms with Crippen LogP contribution in [0.1, 0.15) is 5.82 Å². The zero-order valence-corrected chi connectivity index (χ0v) is 9.66. The zero-order chi connectivity index (χ0) is 13.8. The maximum atomic E-state index is 13.3. The van der Waals surface area contributed by atoms with Crippen molar-refractivity contribution < 1.29 is 17.9 Å². The number of aromatic nitrogens is 2. The van der Waals surface area contributed by atoms with Crippen molar-refractivity contribution >= 4 is 11.4 Å². The smallest absolute Gasteiger partial charge is 0.387 e. The molecule has 4 N–H and O–H groups in total. The third-order valence-electron chi connectivity index (χ3n) is 2.32. The van der Waals surface area contributed by atoms with Gasteiger partial charge in [-0.25, -0.2) is 9.37 Å². The van der Waals surface area contributed by atoms with Gasteiger partial charge in [0.25, 0.3) is 0 Å². The van der Waals surface area contributed by atoms with Crippen molar-refractivity contribution in [2.24, 2.45) is 0 Å². The van der Waals surface area contributed by atoms with Crippen LogP contribution in [0.25, 0.3) is 0 Å². The minimum absolute atomic E-state index is 0.0886. The van der Waals surface area contributed by atoms with Gasteiger partial charge >= 0.3 is 6.61 Å². The molecule has 102 valence electrons. The normalized spacial score (nSPS) is 10.7. The van der Waals surface area contributed by atoms with Crippen LogP contribution in [-0.2, 0) is 6.54 Å². The summed E-state index contributed by atoms with van der Waals surface area (Å²) >= 11 is 0. The quantitative estimate of drug-likeness (QED) is 0.730. The highest BCUT2D eigenvalue weighted by molar-refractivity contribution is 5.68. The van der Waals surface area contributed by atoms with Crippen molar-refractivity contribution in [3.8, 4) is 5.75 Å². The molecular weight excluding hydrogens is 261 g/mol. The van der Waals surface area contributed by atoms with Gasteiger partial charge in [-0.2, -0.15) is 8.78 Å². The molecule has 0 fully saturated rings. The molecule has 2 aromatic rings. The maximum Gasteiger partial charge on any atom is 0.387 e. The van der Waals surface area contributed by atoms with Gasteiger partial charge in [0.2, 0.25) is 0 Å². The summed E-state index contributed by atoms with van der Waals surface area (Å²) in [6.45, 7) is -2.81. The van der Waals surface area contributed by atoms with Gasteiger partial charge in [-0.3, -0.25) is 0 Å². The fraction of sp³-hybridized carbons (Fsp3) is 0.182. The summed E-state index contributed by atoms with van der Waals surface area (Å²) in [4.78, 5) is 6.81. The number of aromatic amines is 1. The molecule has 19 heavy (non-hydrogen) atoms. The van der Waals surface area contributed by atoms with Crippen molar-refractivity contribution in [1.82, 2.24) is 9.97 Å². The Morgan fingerprint density at radius 1 is 1.42 bits per heavy atom. The van der Waals surface area contributed by atoms with Crippen molar-refractivity contribution in [3.05, 3.63) is 36.2 Å². The molecule has 0 aliphatic rings. The molecule has 0 radical (unpaired) electrons. The van der Waals surface area contributed by atoms with E-state index >= 15 is 0 Å². The number of H-pyrrole nitrogens is 1. The third-order valence-corrected chi connectivity index (χ3v) is 2.32. The molecule has 0 atom stereocenters. The molecule has 1 aromatic heterocycles. The van der Waals surface area contributed by atoms with Crippen LogP contribution in [0.4, 0.5) is 24.5 Å². The monoisotopic (exact) mass is 272 g/mol. The highest BCUT2D eigenvalue weighted by Gasteiger charge is 2.13. The van der Waals surface area contributed by atoms with E-state index in [1.165, 1.54) is 0 Å². The van der Waals surface area contributed by atoms with Crippen molar-refractivity contribution in [3.63, 3.8) is 0 Å². The molecular formula is C11H11F3N4O. The molecule has 8 heteroatoms. The fourth-order valence-corrected chi connectivity index (χ4v) is 1.48. The predicted molar refractivity (Wildman–Crippen MR) is 63.4 cm³/mol. The minimum atomic E-state index is -3.10. The average molecular weight is 272 g/mol. The second-order valence-electron chi connectivity index (χ2n) is 3.64. The first-order valence-corrected chi connectivity index (χ1v) is 5.32. The Balaban J connectivity index is 2.15. The summed E-state index contributed by atoms with van der Waals surface area (Å²) < 4.78 is 41.5. The predicted octanol–water partition coefficient (Wildman–Crippen LogP) is 2.34. The number of hydrogen-bond donors (Lipinski definition) is 3. The summed E-state index contributed by atoms with van der Waals surface area (Å²) in [6.07, 6.45) is 3.20. The zero-order valence-electron chi connectivity index (χ0n) is 9.66. The number of hydrogen-bond acceptors (Lipinski definition) is 4. The first-order chi connectivity index (χ1) is 9.06. The van der Waals surface area contributed by atoms with Crippen LogP contribution in [0, 0.1) is 5.82 Å². The molecule has 5 nitrogen and oxygen atoms in total. The molecule has 0 spiro atoms. The number of benzene rings is 1. The molecule has 0 saturated carbocycles. The first kappa shape index (κ1) is 13.1. The molecule has 0 saturated heterocycles. The lowest BCUT2D eigenvalue weighted by Gasteiger charge is -2.12. The van der Waals surface area contributed by atoms with Gasteiger partial charge in [0, 0.05) is 24.5 Å². The number of rotatable bonds is 5. The van der Waals surface area contributed by atoms with Gasteiger partial charge in [0.15, 0.2) is 11.6 Å². The van der Waals surface area contributed by atoms with Gasteiger partial charge < -0.3 is 20.8 Å². The fourth-order valence-electron chi connectivity index (χ4n) is 1.48. The van der Waals surface area contributed by atoms with E-state index in [1.54, 1.807) is 12.4 Å². The van der Waals surface area contributed by atoms with Crippen molar-refractivity contribution in [1.29, 1.82) is 0 Å². The van der Waals surface area contributed by atoms with Gasteiger partial charge in [-0.05, 0) is 0 Å². The standard InChI is InChI=1S/C11H11F3N4O/c12-6-3-7(15)8(4-9(6)19-11(13)14)18-5-10-16-1-2-17-10/h1-4,11,18H,5,15H2,(H,16,17). The minimum Gasteiger partial charge on any atom is -0.432 e. The van der Waals surface area contributed by atoms with Crippen LogP contribution < -0.4 is 15.8 Å². The number of anilines is 2. The lowest BCUT2D eigenvalue weighted by molar-refractivity contribution is -0.0521. The van der Waals surface area contributed by atoms with Crippen LogP contribution in [0.2, 0.25) is 0 Å². The largest absolute Gasteiger partial charge is 0.432 e. The summed E-state index contributed by atoms with van der Waals surface area (Å²) in [5, 5.41) is 2.85. The van der Waals surface area contributed by atoms with E-state index < -0.39 is 18.2 Å². The van der Waals surface area contributed by atoms with Gasteiger partial charge in [0.1, 0.15) is 5.82 Å². The molecule has 2 rings (SSSR count). The molecule has 0 aliphatic heterocycles. The van der Waals surface area contributed by atoms with E-state index in [-0.39, 0.29) is 17.9 Å². The summed E-state index contributed by atoms with van der Waals surface area (Å²) in [5.41, 5.74) is 5.96. The second-order valence-corrected chi connectivity index (χ2v) is 3.64. The van der Waals surface area contributed by atoms with E-state index in [0.717, 1.165) is 12.1 Å². The Morgan fingerprint density at radius 2 is 2.21 bits per heavy atom. The number of nitrogens with one attached hydrogen (secondary N) is 2. The topological polar surface area (TPSA) is 76.0 Å². The molecule has 0 amide bonds. The summed E-state index contributed by atoms with van der Waals surface area (Å²) in [6, 6.07) is 2.00. The van der Waals surface area contributed by atoms with Crippen molar-refractivity contribution in [2.45, 2.75) is 13.2 Å². The summed E-state index contributed by atoms with van der Waals surface area (Å²) in [5.74, 6) is -0.882. The van der Waals surface area contributed by atoms with Crippen LogP contribution in [-0.4, -0.2) is 16.6 Å². The van der Waals surface area contributed by atoms with Crippen LogP contribution in [0.5, 0.6) is 5.75 Å². The van der Waals surface area contributed by atoms with Gasteiger partial charge in [-0.1, -0.05) is 0 Å². The maximum absolute atomic E-state index is 13.3. The number of nitrogens with two attached hydrogens (primary N) is 1. The van der Waals surface area contributed by atoms with E-state index in [1.807, 2.05) is 0 Å².